The number of esters is 1. The van der Waals surface area contributed by atoms with E-state index in [1.807, 2.05) is 19.1 Å². The number of nitrogens with zero attached hydrogens (tertiary/aromatic N) is 2. The van der Waals surface area contributed by atoms with E-state index < -0.39 is 18.0 Å². The first-order chi connectivity index (χ1) is 12.0. The Kier molecular flexibility index (Phi) is 4.70. The predicted molar refractivity (Wildman–Crippen MR) is 94.2 cm³/mol. The first-order valence-corrected chi connectivity index (χ1v) is 7.82. The molecular weight excluding hydrogens is 318 g/mol. The molecule has 0 bridgehead atoms. The van der Waals surface area contributed by atoms with Crippen LogP contribution in [0.4, 0.5) is 5.69 Å². The topological polar surface area (TPSA) is 81.2 Å². The molecule has 0 saturated carbocycles. The zero-order chi connectivity index (χ0) is 17.8. The molecule has 1 aromatic heterocycles. The van der Waals surface area contributed by atoms with Gasteiger partial charge in [-0.3, -0.25) is 14.8 Å². The summed E-state index contributed by atoms with van der Waals surface area (Å²) in [5.74, 6) is -0.975. The van der Waals surface area contributed by atoms with Gasteiger partial charge in [-0.2, -0.15) is 0 Å². The zero-order valence-corrected chi connectivity index (χ0v) is 13.9. The lowest BCUT2D eigenvalue weighted by Crippen LogP contribution is -2.30. The second kappa shape index (κ2) is 7.09. The number of aryl methyl sites for hydroxylation is 1. The lowest BCUT2D eigenvalue weighted by Gasteiger charge is -2.14. The summed E-state index contributed by atoms with van der Waals surface area (Å²) in [7, 11) is 0. The van der Waals surface area contributed by atoms with Gasteiger partial charge in [-0.1, -0.05) is 17.7 Å². The van der Waals surface area contributed by atoms with Crippen molar-refractivity contribution in [2.45, 2.75) is 20.0 Å². The average Bonchev–Trinajstić information content (AvgIpc) is 2.63. The van der Waals surface area contributed by atoms with Crippen molar-refractivity contribution in [3.8, 4) is 0 Å². The third-order valence-corrected chi connectivity index (χ3v) is 3.68. The van der Waals surface area contributed by atoms with Crippen LogP contribution in [0.25, 0.3) is 11.0 Å². The molecule has 3 aromatic rings. The van der Waals surface area contributed by atoms with Crippen LogP contribution in [0, 0.1) is 6.92 Å². The maximum absolute atomic E-state index is 12.2. The molecule has 0 radical (unpaired) electrons. The van der Waals surface area contributed by atoms with Gasteiger partial charge in [0.05, 0.1) is 16.6 Å². The van der Waals surface area contributed by atoms with E-state index in [0.29, 0.717) is 22.3 Å². The lowest BCUT2D eigenvalue weighted by atomic mass is 10.2. The molecule has 0 aliphatic carbocycles. The Labute approximate surface area is 144 Å². The maximum Gasteiger partial charge on any atom is 0.338 e. The van der Waals surface area contributed by atoms with E-state index in [-0.39, 0.29) is 0 Å². The molecule has 2 aromatic carbocycles. The van der Waals surface area contributed by atoms with E-state index in [1.165, 1.54) is 6.92 Å². The summed E-state index contributed by atoms with van der Waals surface area (Å²) in [6, 6.07) is 12.3. The number of anilines is 1. The van der Waals surface area contributed by atoms with Gasteiger partial charge in [-0.05, 0) is 44.2 Å². The minimum absolute atomic E-state index is 0.322. The fourth-order valence-corrected chi connectivity index (χ4v) is 2.25. The summed E-state index contributed by atoms with van der Waals surface area (Å²) < 4.78 is 5.24. The lowest BCUT2D eigenvalue weighted by molar-refractivity contribution is -0.123. The number of amides is 1. The van der Waals surface area contributed by atoms with Gasteiger partial charge in [0.25, 0.3) is 5.91 Å². The van der Waals surface area contributed by atoms with Crippen molar-refractivity contribution in [2.24, 2.45) is 0 Å². The molecule has 0 aliphatic heterocycles. The molecule has 1 atom stereocenters. The fourth-order valence-electron chi connectivity index (χ4n) is 2.25. The maximum atomic E-state index is 12.2. The zero-order valence-electron chi connectivity index (χ0n) is 13.9. The van der Waals surface area contributed by atoms with Gasteiger partial charge in [0.15, 0.2) is 6.10 Å². The predicted octanol–water partition coefficient (Wildman–Crippen LogP) is 3.12. The van der Waals surface area contributed by atoms with Crippen molar-refractivity contribution >= 4 is 28.6 Å². The number of ether oxygens (including phenoxy) is 1. The largest absolute Gasteiger partial charge is 0.449 e. The van der Waals surface area contributed by atoms with Crippen LogP contribution >= 0.6 is 0 Å². The molecular formula is C19H17N3O3. The summed E-state index contributed by atoms with van der Waals surface area (Å²) in [6.45, 7) is 3.49. The Bertz CT molecular complexity index is 923. The van der Waals surface area contributed by atoms with Crippen LogP contribution in [-0.2, 0) is 9.53 Å². The number of rotatable bonds is 4. The second-order valence-electron chi connectivity index (χ2n) is 5.66. The normalized spacial score (nSPS) is 11.8. The van der Waals surface area contributed by atoms with E-state index >= 15 is 0 Å². The Balaban J connectivity index is 1.66. The molecule has 0 spiro atoms. The van der Waals surface area contributed by atoms with E-state index in [0.717, 1.165) is 5.56 Å². The molecule has 0 unspecified atom stereocenters. The average molecular weight is 335 g/mol. The number of carbonyl (C=O) groups excluding carboxylic acids is 2. The first-order valence-electron chi connectivity index (χ1n) is 7.82. The number of nitrogens with one attached hydrogen (secondary N) is 1. The Morgan fingerprint density at radius 1 is 1.00 bits per heavy atom. The van der Waals surface area contributed by atoms with Crippen LogP contribution in [0.1, 0.15) is 22.8 Å². The van der Waals surface area contributed by atoms with Crippen molar-refractivity contribution in [1.29, 1.82) is 0 Å². The molecule has 6 heteroatoms. The van der Waals surface area contributed by atoms with Crippen LogP contribution in [0.15, 0.2) is 54.9 Å². The monoisotopic (exact) mass is 335 g/mol. The van der Waals surface area contributed by atoms with Gasteiger partial charge < -0.3 is 10.1 Å². The molecule has 0 saturated heterocycles. The molecule has 3 rings (SSSR count). The van der Waals surface area contributed by atoms with Crippen LogP contribution in [-0.4, -0.2) is 27.9 Å². The highest BCUT2D eigenvalue weighted by atomic mass is 16.5. The summed E-state index contributed by atoms with van der Waals surface area (Å²) >= 11 is 0. The number of hydrogen-bond donors (Lipinski definition) is 1. The minimum Gasteiger partial charge on any atom is -0.449 e. The molecule has 25 heavy (non-hydrogen) atoms. The van der Waals surface area contributed by atoms with Gasteiger partial charge in [-0.15, -0.1) is 0 Å². The molecule has 1 amide bonds. The van der Waals surface area contributed by atoms with Gasteiger partial charge in [-0.25, -0.2) is 4.79 Å². The van der Waals surface area contributed by atoms with Crippen molar-refractivity contribution < 1.29 is 14.3 Å². The summed E-state index contributed by atoms with van der Waals surface area (Å²) in [6.07, 6.45) is 2.21. The van der Waals surface area contributed by atoms with Gasteiger partial charge in [0, 0.05) is 18.1 Å². The highest BCUT2D eigenvalue weighted by molar-refractivity contribution is 5.98. The highest BCUT2D eigenvalue weighted by Gasteiger charge is 2.19. The second-order valence-corrected chi connectivity index (χ2v) is 5.66. The first kappa shape index (κ1) is 16.6. The highest BCUT2D eigenvalue weighted by Crippen LogP contribution is 2.14. The summed E-state index contributed by atoms with van der Waals surface area (Å²) in [5.41, 5.74) is 3.34. The van der Waals surface area contributed by atoms with Crippen molar-refractivity contribution in [3.05, 3.63) is 66.0 Å². The quantitative estimate of drug-likeness (QED) is 0.741. The molecule has 1 N–H and O–H groups in total. The standard InChI is InChI=1S/C19H17N3O3/c1-12-3-6-15(7-4-12)22-18(23)13(2)25-19(24)14-5-8-16-17(11-14)21-10-9-20-16/h3-11,13H,1-2H3,(H,22,23)/t13-/m0/s1. The third-order valence-electron chi connectivity index (χ3n) is 3.68. The van der Waals surface area contributed by atoms with E-state index in [2.05, 4.69) is 15.3 Å². The Morgan fingerprint density at radius 3 is 2.40 bits per heavy atom. The van der Waals surface area contributed by atoms with Crippen LogP contribution in [0.5, 0.6) is 0 Å². The fraction of sp³-hybridized carbons (Fsp3) is 0.158. The van der Waals surface area contributed by atoms with Gasteiger partial charge in [0.1, 0.15) is 0 Å². The number of benzene rings is 2. The summed E-state index contributed by atoms with van der Waals surface area (Å²) in [5, 5.41) is 2.72. The van der Waals surface area contributed by atoms with Crippen LogP contribution in [0.3, 0.4) is 0 Å². The molecule has 1 heterocycles. The van der Waals surface area contributed by atoms with Crippen LogP contribution < -0.4 is 5.32 Å². The number of hydrogen-bond acceptors (Lipinski definition) is 5. The van der Waals surface area contributed by atoms with Crippen molar-refractivity contribution in [3.63, 3.8) is 0 Å². The number of aromatic nitrogens is 2. The molecule has 126 valence electrons. The summed E-state index contributed by atoms with van der Waals surface area (Å²) in [4.78, 5) is 32.7. The van der Waals surface area contributed by atoms with Crippen molar-refractivity contribution in [2.75, 3.05) is 5.32 Å². The number of carbonyl (C=O) groups is 2. The smallest absolute Gasteiger partial charge is 0.338 e. The van der Waals surface area contributed by atoms with E-state index in [4.69, 9.17) is 4.74 Å². The molecule has 0 aliphatic rings. The molecule has 6 nitrogen and oxygen atoms in total. The van der Waals surface area contributed by atoms with Crippen LogP contribution in [0.2, 0.25) is 0 Å². The molecule has 0 fully saturated rings. The minimum atomic E-state index is -0.925. The number of fused-ring (bicyclic) bond motifs is 1. The SMILES string of the molecule is Cc1ccc(NC(=O)[C@H](C)OC(=O)c2ccc3nccnc3c2)cc1. The van der Waals surface area contributed by atoms with Crippen molar-refractivity contribution in [1.82, 2.24) is 9.97 Å². The van der Waals surface area contributed by atoms with E-state index in [1.54, 1.807) is 42.7 Å². The van der Waals surface area contributed by atoms with Gasteiger partial charge in [0.2, 0.25) is 0 Å². The Hall–Kier alpha value is -3.28. The third kappa shape index (κ3) is 3.98. The van der Waals surface area contributed by atoms with Gasteiger partial charge >= 0.3 is 5.97 Å². The Morgan fingerprint density at radius 2 is 1.68 bits per heavy atom. The van der Waals surface area contributed by atoms with E-state index in [9.17, 15) is 9.59 Å².